The van der Waals surface area contributed by atoms with Gasteiger partial charge in [-0.25, -0.2) is 0 Å². The molecule has 0 aromatic heterocycles. The smallest absolute Gasteiger partial charge is 0.155 e. The molecule has 0 radical (unpaired) electrons. The fraction of sp³-hybridized carbons (Fsp3) is 0.667. The Labute approximate surface area is 67.9 Å². The summed E-state index contributed by atoms with van der Waals surface area (Å²) in [5.74, 6) is 0.0127. The zero-order chi connectivity index (χ0) is 9.07. The lowest BCUT2D eigenvalue weighted by Gasteiger charge is -2.16. The van der Waals surface area contributed by atoms with Crippen molar-refractivity contribution in [2.75, 3.05) is 0 Å². The van der Waals surface area contributed by atoms with E-state index in [0.29, 0.717) is 12.0 Å². The van der Waals surface area contributed by atoms with Crippen LogP contribution < -0.4 is 0 Å². The fourth-order valence-corrected chi connectivity index (χ4v) is 0.670. The van der Waals surface area contributed by atoms with E-state index in [9.17, 15) is 9.90 Å². The molecule has 0 bridgehead atoms. The van der Waals surface area contributed by atoms with E-state index < -0.39 is 5.60 Å². The summed E-state index contributed by atoms with van der Waals surface area (Å²) in [4.78, 5) is 10.8. The molecule has 64 valence electrons. The highest BCUT2D eigenvalue weighted by atomic mass is 16.3. The molecule has 0 amide bonds. The summed E-state index contributed by atoms with van der Waals surface area (Å²) in [6, 6.07) is 0. The van der Waals surface area contributed by atoms with Gasteiger partial charge in [0, 0.05) is 0 Å². The van der Waals surface area contributed by atoms with Crippen molar-refractivity contribution < 1.29 is 9.90 Å². The number of aliphatic hydroxyl groups is 1. The van der Waals surface area contributed by atoms with Crippen molar-refractivity contribution >= 4 is 5.78 Å². The molecule has 1 N–H and O–H groups in total. The number of rotatable bonds is 3. The first-order valence-corrected chi connectivity index (χ1v) is 3.82. The molecule has 0 aliphatic carbocycles. The summed E-state index contributed by atoms with van der Waals surface area (Å²) in [7, 11) is 0. The zero-order valence-corrected chi connectivity index (χ0v) is 7.64. The van der Waals surface area contributed by atoms with Crippen LogP contribution in [0.15, 0.2) is 11.6 Å². The summed E-state index contributed by atoms with van der Waals surface area (Å²) in [5, 5.41) is 9.51. The first-order valence-electron chi connectivity index (χ1n) is 3.82. The van der Waals surface area contributed by atoms with Crippen molar-refractivity contribution in [3.05, 3.63) is 11.6 Å². The Balaban J connectivity index is 4.41. The fourth-order valence-electron chi connectivity index (χ4n) is 0.670. The predicted octanol–water partition coefficient (Wildman–Crippen LogP) is 1.68. The number of hydrogen-bond acceptors (Lipinski definition) is 2. The Morgan fingerprint density at radius 3 is 2.27 bits per heavy atom. The monoisotopic (exact) mass is 156 g/mol. The number of carbonyl (C=O) groups is 1. The van der Waals surface area contributed by atoms with Crippen LogP contribution in [0.4, 0.5) is 0 Å². The lowest BCUT2D eigenvalue weighted by atomic mass is 9.99. The van der Waals surface area contributed by atoms with Crippen LogP contribution in [0, 0.1) is 0 Å². The van der Waals surface area contributed by atoms with Crippen molar-refractivity contribution in [1.29, 1.82) is 0 Å². The second kappa shape index (κ2) is 3.67. The van der Waals surface area contributed by atoms with Gasteiger partial charge in [-0.2, -0.15) is 0 Å². The second-order valence-electron chi connectivity index (χ2n) is 3.09. The molecule has 1 unspecified atom stereocenters. The zero-order valence-electron chi connectivity index (χ0n) is 7.64. The topological polar surface area (TPSA) is 37.3 Å². The Kier molecular flexibility index (Phi) is 3.46. The Morgan fingerprint density at radius 1 is 1.55 bits per heavy atom. The van der Waals surface area contributed by atoms with Gasteiger partial charge in [0.25, 0.3) is 0 Å². The van der Waals surface area contributed by atoms with Gasteiger partial charge in [-0.15, -0.1) is 0 Å². The molecular weight excluding hydrogens is 140 g/mol. The highest BCUT2D eigenvalue weighted by molar-refractivity contribution is 5.92. The first-order chi connectivity index (χ1) is 4.89. The van der Waals surface area contributed by atoms with Crippen LogP contribution in [0.1, 0.15) is 34.1 Å². The highest BCUT2D eigenvalue weighted by Crippen LogP contribution is 2.13. The van der Waals surface area contributed by atoms with Crippen molar-refractivity contribution in [3.8, 4) is 0 Å². The van der Waals surface area contributed by atoms with Gasteiger partial charge < -0.3 is 5.11 Å². The van der Waals surface area contributed by atoms with E-state index in [1.807, 2.05) is 6.92 Å². The van der Waals surface area contributed by atoms with E-state index in [1.165, 1.54) is 6.92 Å². The average Bonchev–Trinajstić information content (AvgIpc) is 1.87. The Morgan fingerprint density at radius 2 is 2.00 bits per heavy atom. The molecule has 0 saturated heterocycles. The van der Waals surface area contributed by atoms with Crippen molar-refractivity contribution in [1.82, 2.24) is 0 Å². The molecule has 2 nitrogen and oxygen atoms in total. The summed E-state index contributed by atoms with van der Waals surface area (Å²) < 4.78 is 0. The molecule has 0 rings (SSSR count). The summed E-state index contributed by atoms with van der Waals surface area (Å²) in [6.07, 6.45) is 2.23. The van der Waals surface area contributed by atoms with E-state index >= 15 is 0 Å². The van der Waals surface area contributed by atoms with Gasteiger partial charge in [-0.1, -0.05) is 6.92 Å². The van der Waals surface area contributed by atoms with Gasteiger partial charge in [0.05, 0.1) is 5.60 Å². The van der Waals surface area contributed by atoms with Gasteiger partial charge >= 0.3 is 0 Å². The number of ketones is 1. The summed E-state index contributed by atoms with van der Waals surface area (Å²) in [5.41, 5.74) is -0.215. The third-order valence-corrected chi connectivity index (χ3v) is 1.80. The van der Waals surface area contributed by atoms with Crippen molar-refractivity contribution in [2.24, 2.45) is 0 Å². The normalized spacial score (nSPS) is 17.7. The second-order valence-corrected chi connectivity index (χ2v) is 3.09. The van der Waals surface area contributed by atoms with Crippen LogP contribution in [-0.2, 0) is 4.79 Å². The molecule has 0 fully saturated rings. The number of Topliss-reactive ketones (excluding diaryl/α,β-unsaturated/α-hetero) is 1. The van der Waals surface area contributed by atoms with Gasteiger partial charge in [0.1, 0.15) is 0 Å². The number of allylic oxidation sites excluding steroid dienone is 1. The highest BCUT2D eigenvalue weighted by Gasteiger charge is 2.14. The van der Waals surface area contributed by atoms with Crippen molar-refractivity contribution in [2.45, 2.75) is 39.7 Å². The van der Waals surface area contributed by atoms with Crippen LogP contribution in [0.3, 0.4) is 0 Å². The van der Waals surface area contributed by atoms with Crippen LogP contribution >= 0.6 is 0 Å². The van der Waals surface area contributed by atoms with Gasteiger partial charge in [0.15, 0.2) is 5.78 Å². The maximum absolute atomic E-state index is 10.8. The molecule has 0 aromatic carbocycles. The minimum Gasteiger partial charge on any atom is -0.386 e. The van der Waals surface area contributed by atoms with E-state index in [-0.39, 0.29) is 5.78 Å². The lowest BCUT2D eigenvalue weighted by molar-refractivity contribution is -0.113. The lowest BCUT2D eigenvalue weighted by Crippen LogP contribution is -2.20. The maximum Gasteiger partial charge on any atom is 0.155 e. The molecule has 0 saturated carbocycles. The van der Waals surface area contributed by atoms with Crippen LogP contribution in [0.2, 0.25) is 0 Å². The Bertz CT molecular complexity index is 178. The van der Waals surface area contributed by atoms with E-state index in [2.05, 4.69) is 0 Å². The summed E-state index contributed by atoms with van der Waals surface area (Å²) in [6.45, 7) is 6.79. The third-order valence-electron chi connectivity index (χ3n) is 1.80. The standard InChI is InChI=1S/C9H16O2/c1-5-9(4,11)6-7(2)8(3)10/h6,11H,5H2,1-4H3/b7-6+. The molecular formula is C9H16O2. The molecule has 2 heteroatoms. The van der Waals surface area contributed by atoms with Crippen LogP contribution in [-0.4, -0.2) is 16.5 Å². The van der Waals surface area contributed by atoms with E-state index in [0.717, 1.165) is 0 Å². The third kappa shape index (κ3) is 3.94. The van der Waals surface area contributed by atoms with Gasteiger partial charge in [0.2, 0.25) is 0 Å². The van der Waals surface area contributed by atoms with Crippen molar-refractivity contribution in [3.63, 3.8) is 0 Å². The maximum atomic E-state index is 10.8. The largest absolute Gasteiger partial charge is 0.386 e. The average molecular weight is 156 g/mol. The van der Waals surface area contributed by atoms with E-state index in [1.54, 1.807) is 19.9 Å². The molecule has 11 heavy (non-hydrogen) atoms. The van der Waals surface area contributed by atoms with Crippen LogP contribution in [0.5, 0.6) is 0 Å². The molecule has 0 aliphatic heterocycles. The predicted molar refractivity (Wildman–Crippen MR) is 45.4 cm³/mol. The quantitative estimate of drug-likeness (QED) is 0.631. The molecule has 0 aromatic rings. The van der Waals surface area contributed by atoms with Gasteiger partial charge in [-0.05, 0) is 38.8 Å². The first kappa shape index (κ1) is 10.4. The van der Waals surface area contributed by atoms with E-state index in [4.69, 9.17) is 0 Å². The Hall–Kier alpha value is -0.630. The number of hydrogen-bond donors (Lipinski definition) is 1. The van der Waals surface area contributed by atoms with Crippen LogP contribution in [0.25, 0.3) is 0 Å². The molecule has 1 atom stereocenters. The molecule has 0 spiro atoms. The van der Waals surface area contributed by atoms with Gasteiger partial charge in [-0.3, -0.25) is 4.79 Å². The minimum atomic E-state index is -0.838. The SMILES string of the molecule is CCC(C)(O)/C=C(\C)C(C)=O. The molecule has 0 heterocycles. The number of carbonyl (C=O) groups excluding carboxylic acids is 1. The molecule has 0 aliphatic rings. The minimum absolute atomic E-state index is 0.0127. The summed E-state index contributed by atoms with van der Waals surface area (Å²) >= 11 is 0.